The van der Waals surface area contributed by atoms with Gasteiger partial charge in [0.05, 0.1) is 17.8 Å². The highest BCUT2D eigenvalue weighted by Crippen LogP contribution is 2.69. The lowest BCUT2D eigenvalue weighted by atomic mass is 9.42. The number of ketones is 1. The van der Waals surface area contributed by atoms with E-state index in [1.807, 2.05) is 0 Å². The lowest BCUT2D eigenvalue weighted by molar-refractivity contribution is -0.267. The molecule has 0 heterocycles. The molecule has 0 aromatic carbocycles. The molecule has 0 saturated heterocycles. The fourth-order valence-electron chi connectivity index (χ4n) is 7.85. The summed E-state index contributed by atoms with van der Waals surface area (Å²) in [5, 5.41) is 43.6. The Hall–Kier alpha value is -0.490. The largest absolute Gasteiger partial charge is 0.393 e. The van der Waals surface area contributed by atoms with Crippen molar-refractivity contribution in [3.8, 4) is 0 Å². The third-order valence-electron chi connectivity index (χ3n) is 9.57. The molecule has 9 atom stereocenters. The Bertz CT molecular complexity index is 622. The van der Waals surface area contributed by atoms with E-state index in [2.05, 4.69) is 13.8 Å². The second kappa shape index (κ2) is 5.53. The summed E-state index contributed by atoms with van der Waals surface area (Å²) >= 11 is 0. The van der Waals surface area contributed by atoms with Crippen LogP contribution in [0.1, 0.15) is 72.1 Å². The SMILES string of the molecule is CC(=O)[C@@]1(O)CC[C@H]2[C@@H]3C[C@@H](O)[C@@]4(O)C[C@@H](O)CC[C@]4(C)[C@H]3CC[C@@]21C. The first kappa shape index (κ1) is 18.9. The van der Waals surface area contributed by atoms with Gasteiger partial charge in [-0.1, -0.05) is 13.8 Å². The van der Waals surface area contributed by atoms with Crippen LogP contribution >= 0.6 is 0 Å². The number of Topliss-reactive ketones (excluding diaryl/α,β-unsaturated/α-hetero) is 1. The molecule has 26 heavy (non-hydrogen) atoms. The second-order valence-corrected chi connectivity index (χ2v) is 10.3. The van der Waals surface area contributed by atoms with Gasteiger partial charge in [0.1, 0.15) is 5.60 Å². The van der Waals surface area contributed by atoms with E-state index < -0.39 is 34.2 Å². The van der Waals surface area contributed by atoms with Crippen molar-refractivity contribution in [3.63, 3.8) is 0 Å². The predicted octanol–water partition coefficient (Wildman–Crippen LogP) is 1.80. The van der Waals surface area contributed by atoms with E-state index in [-0.39, 0.29) is 30.0 Å². The van der Waals surface area contributed by atoms with Crippen LogP contribution in [-0.2, 0) is 4.79 Å². The molecule has 0 radical (unpaired) electrons. The van der Waals surface area contributed by atoms with Gasteiger partial charge in [0.25, 0.3) is 0 Å². The quantitative estimate of drug-likeness (QED) is 0.567. The van der Waals surface area contributed by atoms with Crippen LogP contribution < -0.4 is 0 Å². The van der Waals surface area contributed by atoms with E-state index in [1.54, 1.807) is 0 Å². The minimum atomic E-state index is -1.26. The van der Waals surface area contributed by atoms with Gasteiger partial charge in [-0.2, -0.15) is 0 Å². The van der Waals surface area contributed by atoms with E-state index >= 15 is 0 Å². The number of hydrogen-bond acceptors (Lipinski definition) is 5. The molecule has 0 unspecified atom stereocenters. The van der Waals surface area contributed by atoms with Crippen LogP contribution in [-0.4, -0.2) is 49.6 Å². The summed E-state index contributed by atoms with van der Waals surface area (Å²) < 4.78 is 0. The van der Waals surface area contributed by atoms with Gasteiger partial charge in [-0.25, -0.2) is 0 Å². The topological polar surface area (TPSA) is 98.0 Å². The van der Waals surface area contributed by atoms with Gasteiger partial charge in [-0.3, -0.25) is 4.79 Å². The van der Waals surface area contributed by atoms with Crippen molar-refractivity contribution >= 4 is 5.78 Å². The molecule has 0 amide bonds. The molecule has 4 aliphatic rings. The average Bonchev–Trinajstić information content (AvgIpc) is 2.84. The fraction of sp³-hybridized carbons (Fsp3) is 0.952. The van der Waals surface area contributed by atoms with Crippen LogP contribution in [0.2, 0.25) is 0 Å². The Labute approximate surface area is 155 Å². The van der Waals surface area contributed by atoms with Crippen molar-refractivity contribution in [2.45, 2.75) is 95.5 Å². The summed E-state index contributed by atoms with van der Waals surface area (Å²) in [4.78, 5) is 12.3. The molecule has 0 bridgehead atoms. The van der Waals surface area contributed by atoms with Gasteiger partial charge in [0.2, 0.25) is 0 Å². The zero-order valence-corrected chi connectivity index (χ0v) is 16.2. The molecule has 4 rings (SSSR count). The van der Waals surface area contributed by atoms with Crippen molar-refractivity contribution in [2.24, 2.45) is 28.6 Å². The van der Waals surface area contributed by atoms with Crippen LogP contribution in [0.15, 0.2) is 0 Å². The number of carbonyl (C=O) groups is 1. The summed E-state index contributed by atoms with van der Waals surface area (Å²) in [5.74, 6) is 0.521. The van der Waals surface area contributed by atoms with Crippen molar-refractivity contribution < 1.29 is 25.2 Å². The average molecular weight is 366 g/mol. The number of hydrogen-bond donors (Lipinski definition) is 4. The van der Waals surface area contributed by atoms with Crippen LogP contribution in [0.25, 0.3) is 0 Å². The first-order valence-electron chi connectivity index (χ1n) is 10.3. The highest BCUT2D eigenvalue weighted by atomic mass is 16.3. The lowest BCUT2D eigenvalue weighted by Gasteiger charge is -2.65. The van der Waals surface area contributed by atoms with Crippen molar-refractivity contribution in [1.29, 1.82) is 0 Å². The molecule has 0 aromatic rings. The van der Waals surface area contributed by atoms with E-state index in [9.17, 15) is 25.2 Å². The van der Waals surface area contributed by atoms with Gasteiger partial charge in [-0.05, 0) is 69.6 Å². The summed E-state index contributed by atoms with van der Waals surface area (Å²) in [6.45, 7) is 5.65. The van der Waals surface area contributed by atoms with Gasteiger partial charge in [0.15, 0.2) is 5.78 Å². The summed E-state index contributed by atoms with van der Waals surface area (Å²) in [5.41, 5.74) is -3.37. The summed E-state index contributed by atoms with van der Waals surface area (Å²) in [7, 11) is 0. The smallest absolute Gasteiger partial charge is 0.161 e. The van der Waals surface area contributed by atoms with Crippen LogP contribution in [0.5, 0.6) is 0 Å². The van der Waals surface area contributed by atoms with Crippen molar-refractivity contribution in [1.82, 2.24) is 0 Å². The highest BCUT2D eigenvalue weighted by Gasteiger charge is 2.70. The zero-order chi connectivity index (χ0) is 19.1. The standard InChI is InChI=1S/C21H34O5/c1-12(22)20(25)9-6-16-14-10-17(24)21(26)11-13(23)4-7-19(21,3)15(14)5-8-18(16,20)2/h13-17,23-26H,4-11H2,1-3H3/t13-,14+,15-,16-,17+,18-,19+,20-,21-/m0/s1. The maximum Gasteiger partial charge on any atom is 0.161 e. The summed E-state index contributed by atoms with van der Waals surface area (Å²) in [6.07, 6.45) is 3.63. The number of aliphatic hydroxyl groups excluding tert-OH is 2. The zero-order valence-electron chi connectivity index (χ0n) is 16.2. The molecule has 5 heteroatoms. The molecule has 4 aliphatic carbocycles. The third-order valence-corrected chi connectivity index (χ3v) is 9.57. The van der Waals surface area contributed by atoms with E-state index in [0.29, 0.717) is 25.7 Å². The molecule has 148 valence electrons. The van der Waals surface area contributed by atoms with Crippen LogP contribution in [0, 0.1) is 28.6 Å². The lowest BCUT2D eigenvalue weighted by Crippen LogP contribution is -2.69. The number of aliphatic hydroxyl groups is 4. The number of fused-ring (bicyclic) bond motifs is 5. The highest BCUT2D eigenvalue weighted by molar-refractivity contribution is 5.86. The number of rotatable bonds is 1. The van der Waals surface area contributed by atoms with Gasteiger partial charge in [0, 0.05) is 17.3 Å². The van der Waals surface area contributed by atoms with E-state index in [1.165, 1.54) is 6.92 Å². The Kier molecular flexibility index (Phi) is 4.01. The molecular formula is C21H34O5. The Morgan fingerprint density at radius 2 is 1.50 bits per heavy atom. The van der Waals surface area contributed by atoms with Gasteiger partial charge in [-0.15, -0.1) is 0 Å². The number of carbonyl (C=O) groups excluding carboxylic acids is 1. The minimum Gasteiger partial charge on any atom is -0.393 e. The normalized spacial score (nSPS) is 59.3. The Balaban J connectivity index is 1.72. The monoisotopic (exact) mass is 366 g/mol. The molecule has 4 fully saturated rings. The molecule has 5 nitrogen and oxygen atoms in total. The maximum absolute atomic E-state index is 12.3. The van der Waals surface area contributed by atoms with Crippen LogP contribution in [0.3, 0.4) is 0 Å². The third kappa shape index (κ3) is 2.04. The van der Waals surface area contributed by atoms with Crippen molar-refractivity contribution in [3.05, 3.63) is 0 Å². The van der Waals surface area contributed by atoms with Gasteiger partial charge < -0.3 is 20.4 Å². The Morgan fingerprint density at radius 1 is 0.923 bits per heavy atom. The predicted molar refractivity (Wildman–Crippen MR) is 96.2 cm³/mol. The molecule has 0 aromatic heterocycles. The maximum atomic E-state index is 12.3. The first-order chi connectivity index (χ1) is 12.0. The second-order valence-electron chi connectivity index (χ2n) is 10.3. The minimum absolute atomic E-state index is 0.138. The van der Waals surface area contributed by atoms with E-state index in [0.717, 1.165) is 19.3 Å². The van der Waals surface area contributed by atoms with Crippen molar-refractivity contribution in [2.75, 3.05) is 0 Å². The van der Waals surface area contributed by atoms with Gasteiger partial charge >= 0.3 is 0 Å². The van der Waals surface area contributed by atoms with E-state index in [4.69, 9.17) is 0 Å². The fourth-order valence-corrected chi connectivity index (χ4v) is 7.85. The molecular weight excluding hydrogens is 332 g/mol. The van der Waals surface area contributed by atoms with Crippen LogP contribution in [0.4, 0.5) is 0 Å². The molecule has 4 N–H and O–H groups in total. The molecule has 0 spiro atoms. The Morgan fingerprint density at radius 3 is 2.15 bits per heavy atom. The first-order valence-corrected chi connectivity index (χ1v) is 10.3. The molecule has 4 saturated carbocycles. The summed E-state index contributed by atoms with van der Waals surface area (Å²) in [6, 6.07) is 0. The molecule has 0 aliphatic heterocycles.